The van der Waals surface area contributed by atoms with Gasteiger partial charge in [-0.1, -0.05) is 17.8 Å². The lowest BCUT2D eigenvalue weighted by atomic mass is 10.2. The number of alkyl halides is 3. The Kier molecular flexibility index (Phi) is 5.96. The predicted molar refractivity (Wildman–Crippen MR) is 101 cm³/mol. The van der Waals surface area contributed by atoms with E-state index in [4.69, 9.17) is 5.26 Å². The van der Waals surface area contributed by atoms with Crippen LogP contribution in [0.15, 0.2) is 53.0 Å². The highest BCUT2D eigenvalue weighted by atomic mass is 32.2. The van der Waals surface area contributed by atoms with Crippen molar-refractivity contribution in [2.75, 3.05) is 11.1 Å². The summed E-state index contributed by atoms with van der Waals surface area (Å²) >= 11 is 2.08. The monoisotopic (exact) mass is 420 g/mol. The van der Waals surface area contributed by atoms with Gasteiger partial charge in [0.2, 0.25) is 5.91 Å². The van der Waals surface area contributed by atoms with Crippen molar-refractivity contribution in [3.05, 3.63) is 59.1 Å². The molecule has 2 aromatic heterocycles. The Bertz CT molecular complexity index is 1010. The third kappa shape index (κ3) is 5.09. The minimum Gasteiger partial charge on any atom is -0.325 e. The molecule has 3 aromatic rings. The van der Waals surface area contributed by atoms with Crippen LogP contribution in [-0.2, 0) is 11.0 Å². The summed E-state index contributed by atoms with van der Waals surface area (Å²) in [7, 11) is 0. The molecule has 10 heteroatoms. The molecule has 0 aliphatic carbocycles. The molecule has 0 aliphatic rings. The number of nitriles is 1. The van der Waals surface area contributed by atoms with Crippen LogP contribution in [0.5, 0.6) is 0 Å². The number of nitrogens with zero attached hydrogens (tertiary/aromatic N) is 3. The zero-order valence-electron chi connectivity index (χ0n) is 14.0. The van der Waals surface area contributed by atoms with Gasteiger partial charge in [-0.25, -0.2) is 9.97 Å². The minimum absolute atomic E-state index is 0.131. The molecule has 0 aliphatic heterocycles. The van der Waals surface area contributed by atoms with Crippen LogP contribution < -0.4 is 5.32 Å². The Morgan fingerprint density at radius 3 is 2.57 bits per heavy atom. The second kappa shape index (κ2) is 8.41. The lowest BCUT2D eigenvalue weighted by Gasteiger charge is -2.10. The maximum Gasteiger partial charge on any atom is 0.433 e. The molecule has 0 fully saturated rings. The van der Waals surface area contributed by atoms with Crippen molar-refractivity contribution in [3.8, 4) is 16.6 Å². The number of rotatable bonds is 5. The summed E-state index contributed by atoms with van der Waals surface area (Å²) in [5.41, 5.74) is 0.0351. The first-order valence-corrected chi connectivity index (χ1v) is 9.64. The maximum atomic E-state index is 13.1. The average Bonchev–Trinajstić information content (AvgIpc) is 3.21. The van der Waals surface area contributed by atoms with Gasteiger partial charge in [0.05, 0.1) is 28.0 Å². The molecule has 1 aromatic carbocycles. The van der Waals surface area contributed by atoms with E-state index in [1.165, 1.54) is 11.3 Å². The van der Waals surface area contributed by atoms with Crippen molar-refractivity contribution in [1.29, 1.82) is 5.26 Å². The van der Waals surface area contributed by atoms with E-state index in [9.17, 15) is 18.0 Å². The molecule has 0 radical (unpaired) electrons. The smallest absolute Gasteiger partial charge is 0.325 e. The lowest BCUT2D eigenvalue weighted by Crippen LogP contribution is -2.15. The Morgan fingerprint density at radius 2 is 1.96 bits per heavy atom. The van der Waals surface area contributed by atoms with Gasteiger partial charge in [-0.15, -0.1) is 11.3 Å². The van der Waals surface area contributed by atoms with Crippen LogP contribution in [0.3, 0.4) is 0 Å². The van der Waals surface area contributed by atoms with Gasteiger partial charge in [0.25, 0.3) is 0 Å². The third-order valence-electron chi connectivity index (χ3n) is 3.40. The second-order valence-electron chi connectivity index (χ2n) is 5.42. The molecule has 5 nitrogen and oxygen atoms in total. The Labute approximate surface area is 166 Å². The number of nitrogens with one attached hydrogen (secondary N) is 1. The highest BCUT2D eigenvalue weighted by Crippen LogP contribution is 2.33. The van der Waals surface area contributed by atoms with Crippen molar-refractivity contribution in [2.24, 2.45) is 0 Å². The highest BCUT2D eigenvalue weighted by molar-refractivity contribution is 7.99. The summed E-state index contributed by atoms with van der Waals surface area (Å²) in [6.45, 7) is 0. The molecule has 0 atom stereocenters. The molecule has 0 spiro atoms. The van der Waals surface area contributed by atoms with Gasteiger partial charge in [-0.3, -0.25) is 4.79 Å². The van der Waals surface area contributed by atoms with Gasteiger partial charge in [-0.05, 0) is 41.8 Å². The summed E-state index contributed by atoms with van der Waals surface area (Å²) < 4.78 is 39.4. The normalized spacial score (nSPS) is 11.1. The van der Waals surface area contributed by atoms with Gasteiger partial charge >= 0.3 is 6.18 Å². The van der Waals surface area contributed by atoms with Crippen molar-refractivity contribution in [3.63, 3.8) is 0 Å². The van der Waals surface area contributed by atoms with Gasteiger partial charge in [0.1, 0.15) is 5.69 Å². The van der Waals surface area contributed by atoms with E-state index in [2.05, 4.69) is 15.3 Å². The van der Waals surface area contributed by atoms with E-state index in [1.54, 1.807) is 41.8 Å². The molecule has 2 heterocycles. The van der Waals surface area contributed by atoms with Crippen LogP contribution in [-0.4, -0.2) is 21.6 Å². The molecule has 0 saturated carbocycles. The zero-order chi connectivity index (χ0) is 20.1. The van der Waals surface area contributed by atoms with Crippen LogP contribution in [0.2, 0.25) is 0 Å². The summed E-state index contributed by atoms with van der Waals surface area (Å²) in [5, 5.41) is 13.0. The van der Waals surface area contributed by atoms with E-state index in [1.807, 2.05) is 6.07 Å². The molecule has 0 bridgehead atoms. The Balaban J connectivity index is 1.73. The molecule has 28 heavy (non-hydrogen) atoms. The molecule has 0 unspecified atom stereocenters. The fourth-order valence-electron chi connectivity index (χ4n) is 2.14. The van der Waals surface area contributed by atoms with Crippen LogP contribution in [0.4, 0.5) is 18.9 Å². The van der Waals surface area contributed by atoms with Crippen LogP contribution >= 0.6 is 23.1 Å². The van der Waals surface area contributed by atoms with Crippen molar-refractivity contribution in [2.45, 2.75) is 11.3 Å². The van der Waals surface area contributed by atoms with Crippen LogP contribution in [0, 0.1) is 11.3 Å². The largest absolute Gasteiger partial charge is 0.433 e. The minimum atomic E-state index is -4.62. The molecular weight excluding hydrogens is 409 g/mol. The number of anilines is 1. The van der Waals surface area contributed by atoms with Crippen molar-refractivity contribution >= 4 is 34.7 Å². The molecule has 1 N–H and O–H groups in total. The van der Waals surface area contributed by atoms with Crippen LogP contribution in [0.25, 0.3) is 10.6 Å². The van der Waals surface area contributed by atoms with Gasteiger partial charge in [0.15, 0.2) is 5.16 Å². The summed E-state index contributed by atoms with van der Waals surface area (Å²) in [6.07, 6.45) is -4.62. The molecular formula is C18H11F3N4OS2. The Morgan fingerprint density at radius 1 is 1.21 bits per heavy atom. The van der Waals surface area contributed by atoms with E-state index < -0.39 is 17.8 Å². The quantitative estimate of drug-likeness (QED) is 0.473. The summed E-state index contributed by atoms with van der Waals surface area (Å²) in [4.78, 5) is 20.3. The fraction of sp³-hybridized carbons (Fsp3) is 0.111. The number of halogens is 3. The third-order valence-corrected chi connectivity index (χ3v) is 5.14. The number of hydrogen-bond acceptors (Lipinski definition) is 6. The summed E-state index contributed by atoms with van der Waals surface area (Å²) in [6, 6.07) is 12.5. The maximum absolute atomic E-state index is 13.1. The second-order valence-corrected chi connectivity index (χ2v) is 7.31. The van der Waals surface area contributed by atoms with E-state index >= 15 is 0 Å². The van der Waals surface area contributed by atoms with E-state index in [-0.39, 0.29) is 16.6 Å². The number of benzene rings is 1. The van der Waals surface area contributed by atoms with Gasteiger partial charge in [-0.2, -0.15) is 18.4 Å². The first-order chi connectivity index (χ1) is 13.3. The molecule has 0 saturated heterocycles. The highest BCUT2D eigenvalue weighted by Gasteiger charge is 2.34. The van der Waals surface area contributed by atoms with E-state index in [0.29, 0.717) is 16.1 Å². The number of hydrogen-bond donors (Lipinski definition) is 1. The number of thioether (sulfide) groups is 1. The Hall–Kier alpha value is -2.90. The first-order valence-electron chi connectivity index (χ1n) is 7.78. The topological polar surface area (TPSA) is 78.7 Å². The number of amides is 1. The SMILES string of the molecule is N#Cc1ccc(NC(=O)CSc2nc(-c3cccs3)cc(C(F)(F)F)n2)cc1. The van der Waals surface area contributed by atoms with Crippen molar-refractivity contribution < 1.29 is 18.0 Å². The van der Waals surface area contributed by atoms with Crippen molar-refractivity contribution in [1.82, 2.24) is 9.97 Å². The molecule has 3 rings (SSSR count). The van der Waals surface area contributed by atoms with Crippen LogP contribution in [0.1, 0.15) is 11.3 Å². The standard InChI is InChI=1S/C18H11F3N4OS2/c19-18(20,21)15-8-13(14-2-1-7-27-14)24-17(25-15)28-10-16(26)23-12-5-3-11(9-22)4-6-12/h1-8H,10H2,(H,23,26). The number of carbonyl (C=O) groups excluding carboxylic acids is 1. The fourth-order valence-corrected chi connectivity index (χ4v) is 3.49. The molecule has 1 amide bonds. The molecule has 142 valence electrons. The number of carbonyl (C=O) groups is 1. The predicted octanol–water partition coefficient (Wildman–Crippen LogP) is 4.83. The average molecular weight is 420 g/mol. The summed E-state index contributed by atoms with van der Waals surface area (Å²) in [5.74, 6) is -0.584. The number of thiophene rings is 1. The first kappa shape index (κ1) is 19.9. The zero-order valence-corrected chi connectivity index (χ0v) is 15.7. The van der Waals surface area contributed by atoms with E-state index in [0.717, 1.165) is 17.8 Å². The number of aromatic nitrogens is 2. The van der Waals surface area contributed by atoms with Gasteiger partial charge in [0, 0.05) is 5.69 Å². The van der Waals surface area contributed by atoms with Gasteiger partial charge < -0.3 is 5.32 Å². The lowest BCUT2D eigenvalue weighted by molar-refractivity contribution is -0.141.